The van der Waals surface area contributed by atoms with Gasteiger partial charge in [0, 0.05) is 6.21 Å². The summed E-state index contributed by atoms with van der Waals surface area (Å²) in [6.45, 7) is 1.74. The number of rotatable bonds is 5. The van der Waals surface area contributed by atoms with Crippen molar-refractivity contribution in [3.8, 4) is 0 Å². The Morgan fingerprint density at radius 1 is 1.59 bits per heavy atom. The lowest BCUT2D eigenvalue weighted by atomic mass is 10.3. The molecule has 1 aliphatic carbocycles. The first-order chi connectivity index (χ1) is 10.4. The Labute approximate surface area is 136 Å². The third-order valence-electron chi connectivity index (χ3n) is 2.85. The van der Waals surface area contributed by atoms with E-state index in [2.05, 4.69) is 9.98 Å². The first-order valence-corrected chi connectivity index (χ1v) is 7.35. The summed E-state index contributed by atoms with van der Waals surface area (Å²) in [4.78, 5) is 19.6. The van der Waals surface area contributed by atoms with Crippen LogP contribution in [0.3, 0.4) is 0 Å². The normalized spacial score (nSPS) is 15.8. The van der Waals surface area contributed by atoms with Crippen LogP contribution in [0.15, 0.2) is 16.6 Å². The van der Waals surface area contributed by atoms with Crippen LogP contribution in [0.2, 0.25) is 10.3 Å². The molecule has 0 bridgehead atoms. The molecular formula is C14H13Cl2FN2O3. The number of hydrogen-bond donors (Lipinski definition) is 1. The van der Waals surface area contributed by atoms with Crippen LogP contribution in [0.1, 0.15) is 25.3 Å². The Morgan fingerprint density at radius 2 is 2.27 bits per heavy atom. The molecule has 1 heterocycles. The van der Waals surface area contributed by atoms with Gasteiger partial charge in [-0.25, -0.2) is 14.2 Å². The monoisotopic (exact) mass is 348 g/mol. The number of aliphatic imine (C=N–C) groups is 1. The van der Waals surface area contributed by atoms with Gasteiger partial charge in [-0.15, -0.1) is 0 Å². The maximum absolute atomic E-state index is 13.5. The molecule has 0 saturated heterocycles. The topological polar surface area (TPSA) is 71.8 Å². The number of pyridine rings is 1. The first-order valence-electron chi connectivity index (χ1n) is 6.59. The summed E-state index contributed by atoms with van der Waals surface area (Å²) in [6, 6.07) is 1.03. The van der Waals surface area contributed by atoms with E-state index in [0.717, 1.165) is 18.9 Å². The number of aliphatic hydroxyl groups excluding tert-OH is 1. The third kappa shape index (κ3) is 3.96. The molecule has 1 aromatic heterocycles. The van der Waals surface area contributed by atoms with E-state index in [1.165, 1.54) is 6.21 Å². The maximum Gasteiger partial charge on any atom is 0.343 e. The molecule has 0 aromatic carbocycles. The summed E-state index contributed by atoms with van der Waals surface area (Å²) < 4.78 is 18.4. The summed E-state index contributed by atoms with van der Waals surface area (Å²) >= 11 is 11.4. The molecule has 1 N–H and O–H groups in total. The van der Waals surface area contributed by atoms with E-state index < -0.39 is 22.7 Å². The van der Waals surface area contributed by atoms with E-state index in [4.69, 9.17) is 27.9 Å². The number of carbonyl (C=O) groups excluding carboxylic acids is 1. The Morgan fingerprint density at radius 3 is 2.86 bits per heavy atom. The number of ether oxygens (including phenoxy) is 1. The van der Waals surface area contributed by atoms with Crippen molar-refractivity contribution in [1.29, 1.82) is 0 Å². The van der Waals surface area contributed by atoms with Crippen LogP contribution in [0.25, 0.3) is 5.76 Å². The molecule has 0 atom stereocenters. The molecule has 1 aliphatic rings. The van der Waals surface area contributed by atoms with E-state index in [-0.39, 0.29) is 28.9 Å². The van der Waals surface area contributed by atoms with E-state index in [9.17, 15) is 14.3 Å². The lowest BCUT2D eigenvalue weighted by Gasteiger charge is -2.08. The number of esters is 1. The molecule has 1 aromatic rings. The van der Waals surface area contributed by atoms with Gasteiger partial charge in [-0.2, -0.15) is 0 Å². The fraction of sp³-hybridized carbons (Fsp3) is 0.357. The average Bonchev–Trinajstić information content (AvgIpc) is 3.27. The molecule has 8 heteroatoms. The van der Waals surface area contributed by atoms with Gasteiger partial charge in [-0.1, -0.05) is 23.2 Å². The van der Waals surface area contributed by atoms with Crippen LogP contribution in [-0.2, 0) is 9.53 Å². The highest BCUT2D eigenvalue weighted by Crippen LogP contribution is 2.28. The van der Waals surface area contributed by atoms with E-state index in [0.29, 0.717) is 0 Å². The zero-order valence-corrected chi connectivity index (χ0v) is 13.2. The Bertz CT molecular complexity index is 658. The van der Waals surface area contributed by atoms with Crippen molar-refractivity contribution in [1.82, 2.24) is 4.98 Å². The predicted octanol–water partition coefficient (Wildman–Crippen LogP) is 3.59. The summed E-state index contributed by atoms with van der Waals surface area (Å²) in [5.74, 6) is -2.21. The van der Waals surface area contributed by atoms with E-state index >= 15 is 0 Å². The van der Waals surface area contributed by atoms with Gasteiger partial charge in [0.1, 0.15) is 16.5 Å². The highest BCUT2D eigenvalue weighted by Gasteiger charge is 2.23. The predicted molar refractivity (Wildman–Crippen MR) is 81.9 cm³/mol. The molecule has 5 nitrogen and oxygen atoms in total. The van der Waals surface area contributed by atoms with Gasteiger partial charge in [0.25, 0.3) is 0 Å². The summed E-state index contributed by atoms with van der Waals surface area (Å²) in [5.41, 5.74) is -0.368. The Kier molecular flexibility index (Phi) is 5.37. The number of nitrogens with zero attached hydrogens (tertiary/aromatic N) is 2. The van der Waals surface area contributed by atoms with Gasteiger partial charge in [0.15, 0.2) is 11.0 Å². The van der Waals surface area contributed by atoms with Crippen molar-refractivity contribution >= 4 is 41.1 Å². The molecular weight excluding hydrogens is 336 g/mol. The van der Waals surface area contributed by atoms with Crippen molar-refractivity contribution in [2.75, 3.05) is 6.61 Å². The van der Waals surface area contributed by atoms with Crippen molar-refractivity contribution in [3.05, 3.63) is 33.3 Å². The Hall–Kier alpha value is -1.66. The van der Waals surface area contributed by atoms with Gasteiger partial charge in [-0.3, -0.25) is 4.99 Å². The smallest absolute Gasteiger partial charge is 0.343 e. The van der Waals surface area contributed by atoms with Crippen LogP contribution in [0.4, 0.5) is 4.39 Å². The molecule has 0 amide bonds. The number of carbonyl (C=O) groups is 1. The van der Waals surface area contributed by atoms with Crippen molar-refractivity contribution in [3.63, 3.8) is 0 Å². The Balaban J connectivity index is 2.47. The minimum Gasteiger partial charge on any atom is -0.506 e. The molecule has 0 aliphatic heterocycles. The van der Waals surface area contributed by atoms with Crippen LogP contribution in [0.5, 0.6) is 0 Å². The standard InChI is InChI=1S/C14H13Cl2FN2O3/c1-2-22-14(21)9(6-18-7-3-4-7)11(20)8-5-10(17)13(16)19-12(8)15/h5-7,20H,2-4H2,1H3/b11-9+,18-6?/i9+2. The second-order valence-corrected chi connectivity index (χ2v) is 5.31. The average molecular weight is 349 g/mol. The minimum atomic E-state index is -0.866. The third-order valence-corrected chi connectivity index (χ3v) is 3.41. The zero-order chi connectivity index (χ0) is 16.3. The zero-order valence-electron chi connectivity index (χ0n) is 11.6. The molecule has 0 spiro atoms. The number of halogens is 3. The summed E-state index contributed by atoms with van der Waals surface area (Å²) in [6.07, 6.45) is 3.06. The van der Waals surface area contributed by atoms with Crippen LogP contribution >= 0.6 is 23.2 Å². The van der Waals surface area contributed by atoms with Crippen molar-refractivity contribution < 1.29 is 19.0 Å². The molecule has 2 rings (SSSR count). The summed E-state index contributed by atoms with van der Waals surface area (Å²) in [5, 5.41) is 9.60. The summed E-state index contributed by atoms with van der Waals surface area (Å²) in [7, 11) is 0. The second-order valence-electron chi connectivity index (χ2n) is 4.59. The van der Waals surface area contributed by atoms with E-state index in [1.807, 2.05) is 0 Å². The molecule has 0 unspecified atom stereocenters. The van der Waals surface area contributed by atoms with E-state index in [1.54, 1.807) is 6.92 Å². The number of hydrogen-bond acceptors (Lipinski definition) is 5. The van der Waals surface area contributed by atoms with Gasteiger partial charge in [0.05, 0.1) is 18.2 Å². The van der Waals surface area contributed by atoms with Crippen LogP contribution < -0.4 is 0 Å². The van der Waals surface area contributed by atoms with Gasteiger partial charge in [0.2, 0.25) is 0 Å². The van der Waals surface area contributed by atoms with Crippen LogP contribution in [0, 0.1) is 5.82 Å². The highest BCUT2D eigenvalue weighted by atomic mass is 35.5. The lowest BCUT2D eigenvalue weighted by molar-refractivity contribution is -0.137. The van der Waals surface area contributed by atoms with Crippen molar-refractivity contribution in [2.24, 2.45) is 4.99 Å². The van der Waals surface area contributed by atoms with Gasteiger partial charge in [-0.05, 0) is 25.8 Å². The SMILES string of the molecule is CCOC(=O)/[14C](C=NC1CC1)=C(/O)c1cc(F)c(Cl)nc1Cl. The highest BCUT2D eigenvalue weighted by molar-refractivity contribution is 6.34. The fourth-order valence-corrected chi connectivity index (χ4v) is 1.99. The quantitative estimate of drug-likeness (QED) is 0.290. The molecule has 118 valence electrons. The minimum absolute atomic E-state index is 0.119. The van der Waals surface area contributed by atoms with Crippen molar-refractivity contribution in [2.45, 2.75) is 25.8 Å². The van der Waals surface area contributed by atoms with Gasteiger partial charge >= 0.3 is 5.97 Å². The first kappa shape index (κ1) is 16.7. The molecule has 1 saturated carbocycles. The lowest BCUT2D eigenvalue weighted by Crippen LogP contribution is -2.12. The molecule has 22 heavy (non-hydrogen) atoms. The van der Waals surface area contributed by atoms with Crippen LogP contribution in [-0.4, -0.2) is 34.9 Å². The molecule has 0 radical (unpaired) electrons. The second kappa shape index (κ2) is 7.07. The molecule has 1 fully saturated rings. The maximum atomic E-state index is 13.5. The van der Waals surface area contributed by atoms with Gasteiger partial charge < -0.3 is 9.84 Å². The number of aromatic nitrogens is 1. The largest absolute Gasteiger partial charge is 0.506 e. The number of aliphatic hydroxyl groups is 1. The fourth-order valence-electron chi connectivity index (χ4n) is 1.58.